The Bertz CT molecular complexity index is 715. The Balaban J connectivity index is 2.16. The van der Waals surface area contributed by atoms with Crippen molar-refractivity contribution in [1.82, 2.24) is 0 Å². The molecule has 6 heteroatoms. The number of carbonyl (C=O) groups is 1. The number of amides is 1. The molecule has 0 aliphatic heterocycles. The van der Waals surface area contributed by atoms with E-state index >= 15 is 0 Å². The number of hydrogen-bond acceptors (Lipinski definition) is 4. The number of anilines is 1. The molecule has 1 heterocycles. The molecule has 2 rings (SSSR count). The lowest BCUT2D eigenvalue weighted by Crippen LogP contribution is -2.11. The molecule has 1 amide bonds. The van der Waals surface area contributed by atoms with Crippen LogP contribution in [0.15, 0.2) is 30.3 Å². The van der Waals surface area contributed by atoms with Crippen LogP contribution in [0.4, 0.5) is 10.1 Å². The van der Waals surface area contributed by atoms with Crippen LogP contribution < -0.4 is 10.1 Å². The van der Waals surface area contributed by atoms with Gasteiger partial charge < -0.3 is 15.2 Å². The van der Waals surface area contributed by atoms with Gasteiger partial charge in [-0.3, -0.25) is 4.79 Å². The summed E-state index contributed by atoms with van der Waals surface area (Å²) in [5.41, 5.74) is 0.0516. The number of ether oxygens (including phenoxy) is 1. The summed E-state index contributed by atoms with van der Waals surface area (Å²) in [5, 5.41) is 11.1. The van der Waals surface area contributed by atoms with Crippen LogP contribution in [0.3, 0.4) is 0 Å². The van der Waals surface area contributed by atoms with E-state index in [1.165, 1.54) is 36.6 Å². The minimum atomic E-state index is -0.541. The van der Waals surface area contributed by atoms with Crippen molar-refractivity contribution in [2.24, 2.45) is 0 Å². The first-order valence-corrected chi connectivity index (χ1v) is 6.80. The maximum Gasteiger partial charge on any atom is 0.265 e. The Kier molecular flexibility index (Phi) is 4.93. The molecule has 108 valence electrons. The Morgan fingerprint density at radius 2 is 2.24 bits per heavy atom. The first-order chi connectivity index (χ1) is 10.1. The molecule has 0 fully saturated rings. The summed E-state index contributed by atoms with van der Waals surface area (Å²) < 4.78 is 18.6. The topological polar surface area (TPSA) is 58.6 Å². The molecule has 1 aromatic carbocycles. The predicted molar refractivity (Wildman–Crippen MR) is 79.2 cm³/mol. The lowest BCUT2D eigenvalue weighted by molar-refractivity contribution is 0.103. The van der Waals surface area contributed by atoms with Gasteiger partial charge in [-0.2, -0.15) is 0 Å². The molecule has 1 aromatic heterocycles. The van der Waals surface area contributed by atoms with Gasteiger partial charge in [-0.15, -0.1) is 11.3 Å². The molecule has 2 N–H and O–H groups in total. The molecule has 0 radical (unpaired) electrons. The number of hydrogen-bond donors (Lipinski definition) is 2. The lowest BCUT2D eigenvalue weighted by atomic mass is 10.2. The summed E-state index contributed by atoms with van der Waals surface area (Å²) in [6.45, 7) is -0.242. The van der Waals surface area contributed by atoms with Crippen LogP contribution in [0.5, 0.6) is 5.75 Å². The predicted octanol–water partition coefficient (Wildman–Crippen LogP) is 2.49. The standard InChI is InChI=1S/C15H12FNO3S/c1-20-10-4-6-12(16)13(9-10)17-15(19)14-7-5-11(21-14)3-2-8-18/h4-7,9,18H,8H2,1H3,(H,17,19). The molecular weight excluding hydrogens is 293 g/mol. The number of aliphatic hydroxyl groups is 1. The third-order valence-electron chi connectivity index (χ3n) is 2.54. The second-order valence-electron chi connectivity index (χ2n) is 3.92. The van der Waals surface area contributed by atoms with Gasteiger partial charge in [0.1, 0.15) is 18.2 Å². The fourth-order valence-electron chi connectivity index (χ4n) is 1.56. The summed E-state index contributed by atoms with van der Waals surface area (Å²) in [7, 11) is 1.46. The zero-order chi connectivity index (χ0) is 15.2. The van der Waals surface area contributed by atoms with Crippen LogP contribution in [0.25, 0.3) is 0 Å². The van der Waals surface area contributed by atoms with Crippen molar-refractivity contribution in [1.29, 1.82) is 0 Å². The van der Waals surface area contributed by atoms with E-state index in [9.17, 15) is 9.18 Å². The SMILES string of the molecule is COc1ccc(F)c(NC(=O)c2ccc(C#CCO)s2)c1. The first-order valence-electron chi connectivity index (χ1n) is 5.98. The van der Waals surface area contributed by atoms with E-state index in [4.69, 9.17) is 9.84 Å². The molecule has 4 nitrogen and oxygen atoms in total. The number of methoxy groups -OCH3 is 1. The Labute approximate surface area is 125 Å². The van der Waals surface area contributed by atoms with Crippen molar-refractivity contribution < 1.29 is 19.0 Å². The van der Waals surface area contributed by atoms with Crippen molar-refractivity contribution in [3.05, 3.63) is 45.9 Å². The molecule has 2 aromatic rings. The molecular formula is C15H12FNO3S. The Morgan fingerprint density at radius 3 is 2.95 bits per heavy atom. The summed E-state index contributed by atoms with van der Waals surface area (Å²) in [6.07, 6.45) is 0. The molecule has 0 aliphatic rings. The number of halogens is 1. The number of benzene rings is 1. The number of aliphatic hydroxyl groups excluding tert-OH is 1. The van der Waals surface area contributed by atoms with Crippen LogP contribution in [0.1, 0.15) is 14.5 Å². The summed E-state index contributed by atoms with van der Waals surface area (Å²) in [5.74, 6) is 4.69. The van der Waals surface area contributed by atoms with Gasteiger partial charge in [0.05, 0.1) is 22.6 Å². The maximum absolute atomic E-state index is 13.6. The Morgan fingerprint density at radius 1 is 1.43 bits per heavy atom. The van der Waals surface area contributed by atoms with Crippen molar-refractivity contribution in [2.75, 3.05) is 19.0 Å². The smallest absolute Gasteiger partial charge is 0.265 e. The van der Waals surface area contributed by atoms with Gasteiger partial charge in [0.15, 0.2) is 0 Å². The zero-order valence-corrected chi connectivity index (χ0v) is 12.0. The van der Waals surface area contributed by atoms with Gasteiger partial charge in [-0.1, -0.05) is 11.8 Å². The summed E-state index contributed by atoms with van der Waals surface area (Å²) in [6, 6.07) is 7.37. The second-order valence-corrected chi connectivity index (χ2v) is 5.01. The number of carbonyl (C=O) groups excluding carboxylic acids is 1. The fourth-order valence-corrected chi connectivity index (χ4v) is 2.34. The highest BCUT2D eigenvalue weighted by atomic mass is 32.1. The minimum Gasteiger partial charge on any atom is -0.497 e. The first kappa shape index (κ1) is 15.0. The molecule has 0 aliphatic carbocycles. The third-order valence-corrected chi connectivity index (χ3v) is 3.54. The monoisotopic (exact) mass is 305 g/mol. The van der Waals surface area contributed by atoms with Crippen molar-refractivity contribution in [2.45, 2.75) is 0 Å². The summed E-state index contributed by atoms with van der Waals surface area (Å²) >= 11 is 1.17. The van der Waals surface area contributed by atoms with Crippen molar-refractivity contribution >= 4 is 22.9 Å². The molecule has 0 atom stereocenters. The molecule has 21 heavy (non-hydrogen) atoms. The largest absolute Gasteiger partial charge is 0.497 e. The van der Waals surface area contributed by atoms with E-state index in [1.54, 1.807) is 12.1 Å². The molecule has 0 saturated heterocycles. The van der Waals surface area contributed by atoms with Gasteiger partial charge in [0, 0.05) is 6.07 Å². The normalized spacial score (nSPS) is 9.67. The fraction of sp³-hybridized carbons (Fsp3) is 0.133. The van der Waals surface area contributed by atoms with E-state index in [2.05, 4.69) is 17.2 Å². The van der Waals surface area contributed by atoms with Crippen LogP contribution in [0, 0.1) is 17.7 Å². The van der Waals surface area contributed by atoms with Gasteiger partial charge >= 0.3 is 0 Å². The van der Waals surface area contributed by atoms with Crippen LogP contribution in [0.2, 0.25) is 0 Å². The second kappa shape index (κ2) is 6.88. The molecule has 0 saturated carbocycles. The van der Waals surface area contributed by atoms with E-state index in [0.717, 1.165) is 0 Å². The lowest BCUT2D eigenvalue weighted by Gasteiger charge is -2.07. The third kappa shape index (κ3) is 3.81. The molecule has 0 bridgehead atoms. The maximum atomic E-state index is 13.6. The highest BCUT2D eigenvalue weighted by Gasteiger charge is 2.12. The molecule has 0 unspecified atom stereocenters. The number of thiophene rings is 1. The average molecular weight is 305 g/mol. The van der Waals surface area contributed by atoms with Crippen LogP contribution in [-0.2, 0) is 0 Å². The highest BCUT2D eigenvalue weighted by molar-refractivity contribution is 7.14. The van der Waals surface area contributed by atoms with Gasteiger partial charge in [-0.25, -0.2) is 4.39 Å². The number of rotatable bonds is 3. The van der Waals surface area contributed by atoms with Gasteiger partial charge in [0.2, 0.25) is 0 Å². The van der Waals surface area contributed by atoms with E-state index in [1.807, 2.05) is 0 Å². The van der Waals surface area contributed by atoms with Crippen LogP contribution >= 0.6 is 11.3 Å². The van der Waals surface area contributed by atoms with Gasteiger partial charge in [0.25, 0.3) is 5.91 Å². The average Bonchev–Trinajstić information content (AvgIpc) is 2.96. The highest BCUT2D eigenvalue weighted by Crippen LogP contribution is 2.23. The minimum absolute atomic E-state index is 0.0516. The van der Waals surface area contributed by atoms with Crippen molar-refractivity contribution in [3.63, 3.8) is 0 Å². The van der Waals surface area contributed by atoms with E-state index in [-0.39, 0.29) is 12.3 Å². The zero-order valence-electron chi connectivity index (χ0n) is 11.1. The molecule has 0 spiro atoms. The number of nitrogens with one attached hydrogen (secondary N) is 1. The van der Waals surface area contributed by atoms with Gasteiger partial charge in [-0.05, 0) is 24.3 Å². The van der Waals surface area contributed by atoms with E-state index in [0.29, 0.717) is 15.5 Å². The Hall–Kier alpha value is -2.36. The van der Waals surface area contributed by atoms with Crippen LogP contribution in [-0.4, -0.2) is 24.7 Å². The van der Waals surface area contributed by atoms with Crippen molar-refractivity contribution in [3.8, 4) is 17.6 Å². The van der Waals surface area contributed by atoms with E-state index < -0.39 is 11.7 Å². The quantitative estimate of drug-likeness (QED) is 0.857. The summed E-state index contributed by atoms with van der Waals surface area (Å²) in [4.78, 5) is 13.1.